The lowest BCUT2D eigenvalue weighted by molar-refractivity contribution is -0.138. The molecule has 0 aromatic carbocycles. The molecule has 1 aromatic heterocycles. The first-order chi connectivity index (χ1) is 8.99. The van der Waals surface area contributed by atoms with Crippen molar-refractivity contribution in [3.8, 4) is 0 Å². The van der Waals surface area contributed by atoms with Gasteiger partial charge >= 0.3 is 5.97 Å². The molecule has 0 atom stereocenters. The Bertz CT molecular complexity index is 503. The average Bonchev–Trinajstić information content (AvgIpc) is 3.04. The van der Waals surface area contributed by atoms with Gasteiger partial charge in [-0.25, -0.2) is 0 Å². The molecule has 1 aliphatic carbocycles. The van der Waals surface area contributed by atoms with Crippen molar-refractivity contribution >= 4 is 17.8 Å². The highest BCUT2D eigenvalue weighted by Gasteiger charge is 2.29. The van der Waals surface area contributed by atoms with E-state index in [1.165, 1.54) is 0 Å². The van der Waals surface area contributed by atoms with Crippen molar-refractivity contribution in [2.24, 2.45) is 5.73 Å². The molecular formula is C12H15N3O4. The van der Waals surface area contributed by atoms with Gasteiger partial charge in [0.15, 0.2) is 0 Å². The third-order valence-corrected chi connectivity index (χ3v) is 2.90. The predicted molar refractivity (Wildman–Crippen MR) is 65.4 cm³/mol. The molecule has 1 heterocycles. The summed E-state index contributed by atoms with van der Waals surface area (Å²) >= 11 is 0. The summed E-state index contributed by atoms with van der Waals surface area (Å²) in [6, 6.07) is 3.65. The Morgan fingerprint density at radius 3 is 2.58 bits per heavy atom. The van der Waals surface area contributed by atoms with Gasteiger partial charge < -0.3 is 20.3 Å². The largest absolute Gasteiger partial charge is 0.480 e. The molecule has 1 aromatic rings. The molecule has 2 amide bonds. The molecule has 1 aliphatic rings. The van der Waals surface area contributed by atoms with Gasteiger partial charge in [0.25, 0.3) is 5.91 Å². The number of amides is 2. The fraction of sp³-hybridized carbons (Fsp3) is 0.417. The number of nitrogens with zero attached hydrogens (tertiary/aromatic N) is 2. The molecule has 19 heavy (non-hydrogen) atoms. The van der Waals surface area contributed by atoms with Crippen LogP contribution in [0.25, 0.3) is 0 Å². The topological polar surface area (TPSA) is 106 Å². The molecule has 0 radical (unpaired) electrons. The van der Waals surface area contributed by atoms with Crippen molar-refractivity contribution in [1.82, 2.24) is 9.47 Å². The van der Waals surface area contributed by atoms with Crippen LogP contribution >= 0.6 is 0 Å². The Hall–Kier alpha value is -2.31. The van der Waals surface area contributed by atoms with Gasteiger partial charge in [-0.3, -0.25) is 14.4 Å². The summed E-state index contributed by atoms with van der Waals surface area (Å²) in [5, 5.41) is 8.78. The molecule has 0 unspecified atom stereocenters. The number of nitrogens with two attached hydrogens (primary N) is 1. The molecule has 2 rings (SSSR count). The second-order valence-electron chi connectivity index (χ2n) is 4.55. The van der Waals surface area contributed by atoms with Gasteiger partial charge in [-0.05, 0) is 25.0 Å². The summed E-state index contributed by atoms with van der Waals surface area (Å²) in [5.74, 6) is -2.41. The molecule has 7 nitrogen and oxygen atoms in total. The third kappa shape index (κ3) is 3.12. The van der Waals surface area contributed by atoms with Gasteiger partial charge in [-0.15, -0.1) is 0 Å². The zero-order chi connectivity index (χ0) is 14.0. The van der Waals surface area contributed by atoms with E-state index in [1.807, 2.05) is 4.57 Å². The minimum atomic E-state index is -1.18. The first-order valence-electron chi connectivity index (χ1n) is 5.95. The maximum absolute atomic E-state index is 12.3. The van der Waals surface area contributed by atoms with Gasteiger partial charge in [0.2, 0.25) is 5.91 Å². The minimum absolute atomic E-state index is 0.300. The maximum atomic E-state index is 12.3. The quantitative estimate of drug-likeness (QED) is 0.745. The molecule has 1 fully saturated rings. The van der Waals surface area contributed by atoms with Gasteiger partial charge in [-0.2, -0.15) is 0 Å². The summed E-state index contributed by atoms with van der Waals surface area (Å²) in [7, 11) is 0. The monoisotopic (exact) mass is 265 g/mol. The van der Waals surface area contributed by atoms with E-state index in [-0.39, 0.29) is 0 Å². The Balaban J connectivity index is 2.19. The van der Waals surface area contributed by atoms with Gasteiger partial charge in [-0.1, -0.05) is 0 Å². The zero-order valence-electron chi connectivity index (χ0n) is 10.3. The summed E-state index contributed by atoms with van der Waals surface area (Å²) in [6.07, 6.45) is 3.79. The summed E-state index contributed by atoms with van der Waals surface area (Å²) in [4.78, 5) is 34.9. The molecule has 0 aliphatic heterocycles. The zero-order valence-corrected chi connectivity index (χ0v) is 10.3. The van der Waals surface area contributed by atoms with Gasteiger partial charge in [0, 0.05) is 12.2 Å². The second kappa shape index (κ2) is 5.13. The Morgan fingerprint density at radius 1 is 1.37 bits per heavy atom. The highest BCUT2D eigenvalue weighted by Crippen LogP contribution is 2.36. The van der Waals surface area contributed by atoms with Crippen molar-refractivity contribution < 1.29 is 19.5 Å². The molecule has 7 heteroatoms. The average molecular weight is 265 g/mol. The Kier molecular flexibility index (Phi) is 3.55. The SMILES string of the molecule is NC(=O)CN(CC(=O)O)C(=O)c1cccn1C1CC1. The number of primary amides is 1. The van der Waals surface area contributed by atoms with Crippen molar-refractivity contribution in [3.05, 3.63) is 24.0 Å². The lowest BCUT2D eigenvalue weighted by Crippen LogP contribution is -2.42. The molecule has 3 N–H and O–H groups in total. The summed E-state index contributed by atoms with van der Waals surface area (Å²) < 4.78 is 1.82. The molecule has 102 valence electrons. The fourth-order valence-electron chi connectivity index (χ4n) is 1.96. The maximum Gasteiger partial charge on any atom is 0.323 e. The van der Waals surface area contributed by atoms with Crippen molar-refractivity contribution in [2.75, 3.05) is 13.1 Å². The highest BCUT2D eigenvalue weighted by molar-refractivity contribution is 5.96. The van der Waals surface area contributed by atoms with Crippen LogP contribution in [0.1, 0.15) is 29.4 Å². The first kappa shape index (κ1) is 13.1. The van der Waals surface area contributed by atoms with E-state index in [0.29, 0.717) is 11.7 Å². The van der Waals surface area contributed by atoms with E-state index < -0.39 is 30.9 Å². The number of aliphatic carboxylic acids is 1. The second-order valence-corrected chi connectivity index (χ2v) is 4.55. The van der Waals surface area contributed by atoms with Crippen LogP contribution in [-0.4, -0.2) is 45.4 Å². The van der Waals surface area contributed by atoms with Gasteiger partial charge in [0.1, 0.15) is 18.8 Å². The van der Waals surface area contributed by atoms with Crippen LogP contribution in [0.4, 0.5) is 0 Å². The van der Waals surface area contributed by atoms with E-state index in [1.54, 1.807) is 18.3 Å². The van der Waals surface area contributed by atoms with Crippen LogP contribution in [0, 0.1) is 0 Å². The first-order valence-corrected chi connectivity index (χ1v) is 5.95. The third-order valence-electron chi connectivity index (χ3n) is 2.90. The van der Waals surface area contributed by atoms with Crippen molar-refractivity contribution in [2.45, 2.75) is 18.9 Å². The number of rotatable bonds is 6. The van der Waals surface area contributed by atoms with E-state index in [9.17, 15) is 14.4 Å². The van der Waals surface area contributed by atoms with E-state index >= 15 is 0 Å². The lowest BCUT2D eigenvalue weighted by Gasteiger charge is -2.19. The normalized spacial score (nSPS) is 14.1. The van der Waals surface area contributed by atoms with Crippen LogP contribution < -0.4 is 5.73 Å². The number of hydrogen-bond acceptors (Lipinski definition) is 3. The van der Waals surface area contributed by atoms with E-state index in [2.05, 4.69) is 0 Å². The van der Waals surface area contributed by atoms with Crippen LogP contribution in [-0.2, 0) is 9.59 Å². The standard InChI is InChI=1S/C12H15N3O4/c13-10(16)6-14(7-11(17)18)12(19)9-2-1-5-15(9)8-3-4-8/h1-2,5,8H,3-4,6-7H2,(H2,13,16)(H,17,18). The molecule has 0 spiro atoms. The van der Waals surface area contributed by atoms with Crippen LogP contribution in [0.2, 0.25) is 0 Å². The lowest BCUT2D eigenvalue weighted by atomic mass is 10.3. The molecular weight excluding hydrogens is 250 g/mol. The smallest absolute Gasteiger partial charge is 0.323 e. The number of carboxylic acids is 1. The number of carbonyl (C=O) groups excluding carboxylic acids is 2. The highest BCUT2D eigenvalue weighted by atomic mass is 16.4. The number of carboxylic acid groups (broad SMARTS) is 1. The minimum Gasteiger partial charge on any atom is -0.480 e. The van der Waals surface area contributed by atoms with Gasteiger partial charge in [0.05, 0.1) is 0 Å². The molecule has 1 saturated carbocycles. The van der Waals surface area contributed by atoms with Crippen molar-refractivity contribution in [1.29, 1.82) is 0 Å². The van der Waals surface area contributed by atoms with Crippen LogP contribution in [0.3, 0.4) is 0 Å². The summed E-state index contributed by atoms with van der Waals surface area (Å²) in [6.45, 7) is -0.946. The molecule has 0 bridgehead atoms. The number of hydrogen-bond donors (Lipinski definition) is 2. The Labute approximate surface area is 109 Å². The van der Waals surface area contributed by atoms with Crippen molar-refractivity contribution in [3.63, 3.8) is 0 Å². The molecule has 0 saturated heterocycles. The van der Waals surface area contributed by atoms with Crippen LogP contribution in [0.5, 0.6) is 0 Å². The number of aromatic nitrogens is 1. The van der Waals surface area contributed by atoms with E-state index in [4.69, 9.17) is 10.8 Å². The fourth-order valence-corrected chi connectivity index (χ4v) is 1.96. The summed E-state index contributed by atoms with van der Waals surface area (Å²) in [5.41, 5.74) is 5.43. The number of carbonyl (C=O) groups is 3. The Morgan fingerprint density at radius 2 is 2.05 bits per heavy atom. The predicted octanol–water partition coefficient (Wildman–Crippen LogP) is -0.165. The van der Waals surface area contributed by atoms with Crippen LogP contribution in [0.15, 0.2) is 18.3 Å². The van der Waals surface area contributed by atoms with E-state index in [0.717, 1.165) is 17.7 Å².